The second kappa shape index (κ2) is 5.93. The number of ether oxygens (including phenoxy) is 1. The lowest BCUT2D eigenvalue weighted by Gasteiger charge is -2.10. The van der Waals surface area contributed by atoms with Crippen molar-refractivity contribution in [1.29, 1.82) is 0 Å². The van der Waals surface area contributed by atoms with E-state index in [1.165, 1.54) is 5.56 Å². The molecular weight excluding hydrogens is 254 g/mol. The van der Waals surface area contributed by atoms with Crippen molar-refractivity contribution in [3.05, 3.63) is 33.8 Å². The molecule has 1 aromatic carbocycles. The predicted octanol–water partition coefficient (Wildman–Crippen LogP) is 2.99. The Morgan fingerprint density at radius 2 is 2.20 bits per heavy atom. The van der Waals surface area contributed by atoms with Gasteiger partial charge in [0.05, 0.1) is 7.11 Å². The van der Waals surface area contributed by atoms with Crippen LogP contribution in [0.3, 0.4) is 0 Å². The van der Waals surface area contributed by atoms with Crippen molar-refractivity contribution in [1.82, 2.24) is 0 Å². The normalized spacial score (nSPS) is 10.9. The van der Waals surface area contributed by atoms with Crippen LogP contribution < -0.4 is 10.5 Å². The maximum Gasteiger partial charge on any atom is 0.123 e. The van der Waals surface area contributed by atoms with Gasteiger partial charge in [0.1, 0.15) is 5.75 Å². The van der Waals surface area contributed by atoms with Crippen molar-refractivity contribution in [3.63, 3.8) is 0 Å². The molecule has 0 radical (unpaired) electrons. The molecule has 0 saturated carbocycles. The fraction of sp³-hybridized carbons (Fsp3) is 0.333. The zero-order valence-corrected chi connectivity index (χ0v) is 10.7. The molecule has 82 valence electrons. The van der Waals surface area contributed by atoms with Gasteiger partial charge in [0, 0.05) is 16.6 Å². The fourth-order valence-corrected chi connectivity index (χ4v) is 2.20. The van der Waals surface area contributed by atoms with Crippen LogP contribution in [0.4, 0.5) is 0 Å². The Kier molecular flexibility index (Phi) is 4.85. The summed E-state index contributed by atoms with van der Waals surface area (Å²) in [6.07, 6.45) is 4.87. The lowest BCUT2D eigenvalue weighted by molar-refractivity contribution is 0.409. The van der Waals surface area contributed by atoms with Crippen LogP contribution >= 0.6 is 15.9 Å². The third kappa shape index (κ3) is 3.08. The first-order valence-corrected chi connectivity index (χ1v) is 5.75. The molecule has 0 aliphatic heterocycles. The van der Waals surface area contributed by atoms with Gasteiger partial charge in [0.25, 0.3) is 0 Å². The molecule has 2 N–H and O–H groups in total. The highest BCUT2D eigenvalue weighted by Gasteiger charge is 2.06. The minimum absolute atomic E-state index is 0.551. The van der Waals surface area contributed by atoms with Crippen LogP contribution in [-0.2, 0) is 6.42 Å². The zero-order chi connectivity index (χ0) is 11.3. The van der Waals surface area contributed by atoms with Gasteiger partial charge in [-0.15, -0.1) is 0 Å². The van der Waals surface area contributed by atoms with Gasteiger partial charge in [0.2, 0.25) is 0 Å². The van der Waals surface area contributed by atoms with Crippen LogP contribution in [0.2, 0.25) is 0 Å². The third-order valence-electron chi connectivity index (χ3n) is 2.20. The van der Waals surface area contributed by atoms with E-state index in [9.17, 15) is 0 Å². The molecule has 0 spiro atoms. The van der Waals surface area contributed by atoms with E-state index in [2.05, 4.69) is 28.9 Å². The molecule has 0 aliphatic rings. The van der Waals surface area contributed by atoms with Crippen LogP contribution in [0, 0.1) is 0 Å². The van der Waals surface area contributed by atoms with E-state index in [0.29, 0.717) is 6.54 Å². The van der Waals surface area contributed by atoms with E-state index in [4.69, 9.17) is 10.5 Å². The van der Waals surface area contributed by atoms with Gasteiger partial charge in [-0.1, -0.05) is 35.0 Å². The molecule has 1 aromatic rings. The van der Waals surface area contributed by atoms with Crippen molar-refractivity contribution in [2.75, 3.05) is 13.7 Å². The largest absolute Gasteiger partial charge is 0.496 e. The average Bonchev–Trinajstić information content (AvgIpc) is 2.25. The molecule has 15 heavy (non-hydrogen) atoms. The molecule has 0 unspecified atom stereocenters. The van der Waals surface area contributed by atoms with E-state index in [0.717, 1.165) is 22.2 Å². The summed E-state index contributed by atoms with van der Waals surface area (Å²) in [6, 6.07) is 4.10. The van der Waals surface area contributed by atoms with Crippen molar-refractivity contribution < 1.29 is 4.74 Å². The maximum absolute atomic E-state index is 5.41. The van der Waals surface area contributed by atoms with E-state index >= 15 is 0 Å². The molecule has 0 aliphatic carbocycles. The first-order valence-electron chi connectivity index (χ1n) is 4.96. The summed E-state index contributed by atoms with van der Waals surface area (Å²) in [5.41, 5.74) is 7.71. The van der Waals surface area contributed by atoms with Gasteiger partial charge in [0.15, 0.2) is 0 Å². The molecule has 0 fully saturated rings. The highest BCUT2D eigenvalue weighted by molar-refractivity contribution is 9.10. The predicted molar refractivity (Wildman–Crippen MR) is 68.2 cm³/mol. The number of hydrogen-bond donors (Lipinski definition) is 1. The lowest BCUT2D eigenvalue weighted by atomic mass is 10.1. The number of halogens is 1. The Hall–Kier alpha value is -0.800. The van der Waals surface area contributed by atoms with Crippen molar-refractivity contribution in [2.45, 2.75) is 13.3 Å². The Morgan fingerprint density at radius 1 is 1.47 bits per heavy atom. The van der Waals surface area contributed by atoms with Crippen LogP contribution in [-0.4, -0.2) is 13.7 Å². The van der Waals surface area contributed by atoms with Crippen molar-refractivity contribution in [3.8, 4) is 5.75 Å². The third-order valence-corrected chi connectivity index (χ3v) is 2.90. The standard InChI is InChI=1S/C12H16BrNO/c1-3-10-11(13)7-9(5-4-6-14)8-12(10)15-2/h4-5,7-8H,3,6,14H2,1-2H3/b5-4+. The summed E-state index contributed by atoms with van der Waals surface area (Å²) in [5.74, 6) is 0.920. The van der Waals surface area contributed by atoms with Gasteiger partial charge in [-0.2, -0.15) is 0 Å². The number of benzene rings is 1. The maximum atomic E-state index is 5.41. The summed E-state index contributed by atoms with van der Waals surface area (Å²) in [7, 11) is 1.69. The lowest BCUT2D eigenvalue weighted by Crippen LogP contribution is -1.94. The van der Waals surface area contributed by atoms with E-state index in [1.807, 2.05) is 18.2 Å². The van der Waals surface area contributed by atoms with Crippen LogP contribution in [0.15, 0.2) is 22.7 Å². The van der Waals surface area contributed by atoms with E-state index in [1.54, 1.807) is 7.11 Å². The molecule has 1 rings (SSSR count). The topological polar surface area (TPSA) is 35.2 Å². The Labute approximate surface area is 99.3 Å². The molecule has 0 heterocycles. The van der Waals surface area contributed by atoms with Gasteiger partial charge in [-0.05, 0) is 24.1 Å². The van der Waals surface area contributed by atoms with Gasteiger partial charge in [-0.25, -0.2) is 0 Å². The van der Waals surface area contributed by atoms with E-state index < -0.39 is 0 Å². The fourth-order valence-electron chi connectivity index (χ4n) is 1.46. The summed E-state index contributed by atoms with van der Waals surface area (Å²) >= 11 is 3.55. The first kappa shape index (κ1) is 12.3. The summed E-state index contributed by atoms with van der Waals surface area (Å²) in [5, 5.41) is 0. The van der Waals surface area contributed by atoms with Gasteiger partial charge in [-0.3, -0.25) is 0 Å². The van der Waals surface area contributed by atoms with Crippen LogP contribution in [0.1, 0.15) is 18.1 Å². The Bertz CT molecular complexity index is 361. The molecule has 0 amide bonds. The molecule has 0 aromatic heterocycles. The minimum Gasteiger partial charge on any atom is -0.496 e. The van der Waals surface area contributed by atoms with Gasteiger partial charge < -0.3 is 10.5 Å². The quantitative estimate of drug-likeness (QED) is 0.912. The number of nitrogens with two attached hydrogens (primary N) is 1. The molecule has 3 heteroatoms. The SMILES string of the molecule is CCc1c(Br)cc(/C=C/CN)cc1OC. The summed E-state index contributed by atoms with van der Waals surface area (Å²) in [6.45, 7) is 2.66. The van der Waals surface area contributed by atoms with Crippen LogP contribution in [0.5, 0.6) is 5.75 Å². The molecule has 2 nitrogen and oxygen atoms in total. The monoisotopic (exact) mass is 269 g/mol. The number of methoxy groups -OCH3 is 1. The number of rotatable bonds is 4. The second-order valence-electron chi connectivity index (χ2n) is 3.18. The molecular formula is C12H16BrNO. The van der Waals surface area contributed by atoms with Crippen molar-refractivity contribution >= 4 is 22.0 Å². The minimum atomic E-state index is 0.551. The molecule has 0 bridgehead atoms. The van der Waals surface area contributed by atoms with E-state index in [-0.39, 0.29) is 0 Å². The smallest absolute Gasteiger partial charge is 0.123 e. The second-order valence-corrected chi connectivity index (χ2v) is 4.03. The molecule has 0 saturated heterocycles. The average molecular weight is 270 g/mol. The van der Waals surface area contributed by atoms with Gasteiger partial charge >= 0.3 is 0 Å². The summed E-state index contributed by atoms with van der Waals surface area (Å²) in [4.78, 5) is 0. The Balaban J connectivity index is 3.13. The van der Waals surface area contributed by atoms with Crippen LogP contribution in [0.25, 0.3) is 6.08 Å². The Morgan fingerprint density at radius 3 is 2.73 bits per heavy atom. The molecule has 0 atom stereocenters. The van der Waals surface area contributed by atoms with Crippen molar-refractivity contribution in [2.24, 2.45) is 5.73 Å². The highest BCUT2D eigenvalue weighted by Crippen LogP contribution is 2.29. The first-order chi connectivity index (χ1) is 7.22. The highest BCUT2D eigenvalue weighted by atomic mass is 79.9. The number of hydrogen-bond acceptors (Lipinski definition) is 2. The zero-order valence-electron chi connectivity index (χ0n) is 9.09. The summed E-state index contributed by atoms with van der Waals surface area (Å²) < 4.78 is 6.43.